The molecule has 1 unspecified atom stereocenters. The zero-order valence-electron chi connectivity index (χ0n) is 24.1. The van der Waals surface area contributed by atoms with Gasteiger partial charge in [0.1, 0.15) is 0 Å². The highest BCUT2D eigenvalue weighted by Gasteiger charge is 2.32. The molecular weight excluding hydrogens is 660 g/mol. The Morgan fingerprint density at radius 1 is 0.822 bits per heavy atom. The molecule has 4 rings (SSSR count). The normalized spacial score (nSPS) is 15.8. The second-order valence-corrected chi connectivity index (χ2v) is 11.9. The van der Waals surface area contributed by atoms with Gasteiger partial charge >= 0.3 is 6.09 Å². The molecule has 1 atom stereocenters. The third-order valence-electron chi connectivity index (χ3n) is 6.93. The van der Waals surface area contributed by atoms with Crippen molar-refractivity contribution in [1.82, 2.24) is 15.5 Å². The molecule has 0 aromatic heterocycles. The molecule has 2 amide bonds. The van der Waals surface area contributed by atoms with E-state index in [4.69, 9.17) is 56.2 Å². The van der Waals surface area contributed by atoms with Crippen molar-refractivity contribution in [2.45, 2.75) is 12.5 Å². The van der Waals surface area contributed by atoms with Gasteiger partial charge in [0.15, 0.2) is 5.78 Å². The van der Waals surface area contributed by atoms with Gasteiger partial charge in [0.25, 0.3) is 0 Å². The Hall–Kier alpha value is -3.37. The predicted octanol–water partition coefficient (Wildman–Crippen LogP) is 6.66. The number of carbonyl (C=O) groups excluding carboxylic acids is 2. The molecule has 1 aliphatic rings. The van der Waals surface area contributed by atoms with E-state index in [0.717, 1.165) is 5.56 Å². The summed E-state index contributed by atoms with van der Waals surface area (Å²) in [6.07, 6.45) is 2.71. The third kappa shape index (κ3) is 10.3. The summed E-state index contributed by atoms with van der Waals surface area (Å²) < 4.78 is 5.51. The van der Waals surface area contributed by atoms with E-state index >= 15 is 0 Å². The number of nitrogens with zero attached hydrogens (tertiary/aromatic N) is 1. The van der Waals surface area contributed by atoms with Gasteiger partial charge in [0.2, 0.25) is 5.91 Å². The number of ether oxygens (including phenoxy) is 1. The van der Waals surface area contributed by atoms with E-state index in [-0.39, 0.29) is 44.5 Å². The Bertz CT molecular complexity index is 1520. The third-order valence-corrected chi connectivity index (χ3v) is 8.41. The van der Waals surface area contributed by atoms with E-state index in [1.54, 1.807) is 53.5 Å². The summed E-state index contributed by atoms with van der Waals surface area (Å²) >= 11 is 24.7. The first-order valence-corrected chi connectivity index (χ1v) is 15.6. The van der Waals surface area contributed by atoms with E-state index in [1.165, 1.54) is 0 Å². The van der Waals surface area contributed by atoms with E-state index in [9.17, 15) is 14.4 Å². The number of nitrogens with one attached hydrogen (secondary N) is 2. The van der Waals surface area contributed by atoms with Crippen molar-refractivity contribution >= 4 is 76.3 Å². The second kappa shape index (κ2) is 16.8. The molecule has 1 aliphatic heterocycles. The quantitative estimate of drug-likeness (QED) is 0.145. The first kappa shape index (κ1) is 34.5. The number of benzene rings is 3. The number of rotatable bonds is 12. The number of halogens is 4. The summed E-state index contributed by atoms with van der Waals surface area (Å²) in [6, 6.07) is 19.1. The van der Waals surface area contributed by atoms with Crippen LogP contribution >= 0.6 is 46.4 Å². The molecule has 0 spiro atoms. The maximum absolute atomic E-state index is 14.1. The molecule has 1 fully saturated rings. The Balaban J connectivity index is 1.60. The van der Waals surface area contributed by atoms with Crippen molar-refractivity contribution in [1.29, 1.82) is 0 Å². The van der Waals surface area contributed by atoms with Crippen LogP contribution in [0.5, 0.6) is 0 Å². The van der Waals surface area contributed by atoms with Crippen LogP contribution in [0.25, 0.3) is 12.2 Å². The molecule has 3 N–H and O–H groups in total. The van der Waals surface area contributed by atoms with Gasteiger partial charge in [-0.1, -0.05) is 88.9 Å². The molecule has 8 nitrogen and oxygen atoms in total. The van der Waals surface area contributed by atoms with Crippen LogP contribution < -0.4 is 10.6 Å². The number of carboxylic acid groups (broad SMARTS) is 1. The standard InChI is InChI=1S/C33H31Cl4N3O5/c34-26-8-6-22(16-28(26)36)14-24-19-40(20-25(31(24)41)15-23-7-9-27(35)29(37)17-23)32(42)30(18-21-4-2-1-3-5-21)38-10-12-45-13-11-39-33(43)44/h1-9,14-17,30,38-39H,10-13,18-20H2,(H,43,44). The summed E-state index contributed by atoms with van der Waals surface area (Å²) in [7, 11) is 0. The highest BCUT2D eigenvalue weighted by atomic mass is 35.5. The molecule has 45 heavy (non-hydrogen) atoms. The number of piperidine rings is 1. The minimum absolute atomic E-state index is 0.0843. The van der Waals surface area contributed by atoms with Crippen molar-refractivity contribution in [3.63, 3.8) is 0 Å². The monoisotopic (exact) mass is 689 g/mol. The van der Waals surface area contributed by atoms with Crippen LogP contribution in [0.1, 0.15) is 16.7 Å². The zero-order chi connectivity index (χ0) is 32.3. The number of hydrogen-bond donors (Lipinski definition) is 3. The number of Topliss-reactive ketones (excluding diaryl/α,β-unsaturated/α-hetero) is 1. The lowest BCUT2D eigenvalue weighted by Crippen LogP contribution is -2.52. The van der Waals surface area contributed by atoms with Gasteiger partial charge in [0, 0.05) is 37.3 Å². The Morgan fingerprint density at radius 3 is 1.91 bits per heavy atom. The summed E-state index contributed by atoms with van der Waals surface area (Å²) in [5.41, 5.74) is 3.12. The first-order chi connectivity index (χ1) is 21.6. The zero-order valence-corrected chi connectivity index (χ0v) is 27.1. The van der Waals surface area contributed by atoms with Gasteiger partial charge in [-0.15, -0.1) is 0 Å². The molecule has 0 aliphatic carbocycles. The second-order valence-electron chi connectivity index (χ2n) is 10.3. The smallest absolute Gasteiger partial charge is 0.404 e. The van der Waals surface area contributed by atoms with Crippen LogP contribution in [0, 0.1) is 0 Å². The Labute approximate surface area is 281 Å². The molecule has 12 heteroatoms. The predicted molar refractivity (Wildman–Crippen MR) is 179 cm³/mol. The van der Waals surface area contributed by atoms with Gasteiger partial charge in [-0.25, -0.2) is 4.79 Å². The van der Waals surface area contributed by atoms with Crippen molar-refractivity contribution in [3.8, 4) is 0 Å². The largest absolute Gasteiger partial charge is 0.465 e. The molecule has 0 saturated carbocycles. The van der Waals surface area contributed by atoms with Crippen LogP contribution in [-0.2, 0) is 20.7 Å². The van der Waals surface area contributed by atoms with Crippen molar-refractivity contribution in [2.24, 2.45) is 0 Å². The average Bonchev–Trinajstić information content (AvgIpc) is 3.01. The van der Waals surface area contributed by atoms with E-state index < -0.39 is 12.1 Å². The molecule has 3 aromatic carbocycles. The van der Waals surface area contributed by atoms with Gasteiger partial charge in [-0.2, -0.15) is 0 Å². The number of amides is 2. The number of likely N-dealkylation sites (tertiary alicyclic amines) is 1. The minimum atomic E-state index is -1.12. The summed E-state index contributed by atoms with van der Waals surface area (Å²) in [5, 5.41) is 15.7. The first-order valence-electron chi connectivity index (χ1n) is 14.1. The van der Waals surface area contributed by atoms with Gasteiger partial charge in [0.05, 0.1) is 39.3 Å². The van der Waals surface area contributed by atoms with E-state index in [1.807, 2.05) is 30.3 Å². The highest BCUT2D eigenvalue weighted by molar-refractivity contribution is 6.42. The van der Waals surface area contributed by atoms with Gasteiger partial charge in [-0.05, 0) is 59.5 Å². The lowest BCUT2D eigenvalue weighted by atomic mass is 9.93. The fraction of sp³-hybridized carbons (Fsp3) is 0.242. The molecule has 1 heterocycles. The molecule has 0 bridgehead atoms. The fourth-order valence-electron chi connectivity index (χ4n) is 4.76. The van der Waals surface area contributed by atoms with Gasteiger partial charge < -0.3 is 25.4 Å². The highest BCUT2D eigenvalue weighted by Crippen LogP contribution is 2.28. The number of ketones is 1. The molecule has 236 valence electrons. The summed E-state index contributed by atoms with van der Waals surface area (Å²) in [4.78, 5) is 40.2. The van der Waals surface area contributed by atoms with Crippen molar-refractivity contribution in [3.05, 3.63) is 115 Å². The summed E-state index contributed by atoms with van der Waals surface area (Å²) in [5.74, 6) is -0.397. The molecular formula is C33H31Cl4N3O5. The maximum atomic E-state index is 14.1. The molecule has 0 radical (unpaired) electrons. The number of hydrogen-bond acceptors (Lipinski definition) is 5. The van der Waals surface area contributed by atoms with Crippen molar-refractivity contribution in [2.75, 3.05) is 39.4 Å². The SMILES string of the molecule is O=C(O)NCCOCCNC(Cc1ccccc1)C(=O)N1CC(=Cc2ccc(Cl)c(Cl)c2)C(=O)C(=Cc2ccc(Cl)c(Cl)c2)C1. The van der Waals surface area contributed by atoms with Crippen LogP contribution in [0.15, 0.2) is 77.9 Å². The lowest BCUT2D eigenvalue weighted by molar-refractivity contribution is -0.133. The fourth-order valence-corrected chi connectivity index (χ4v) is 5.37. The van der Waals surface area contributed by atoms with Crippen molar-refractivity contribution < 1.29 is 24.2 Å². The van der Waals surface area contributed by atoms with Crippen LogP contribution in [0.4, 0.5) is 4.79 Å². The molecule has 3 aromatic rings. The number of carbonyl (C=O) groups is 3. The van der Waals surface area contributed by atoms with E-state index in [0.29, 0.717) is 55.3 Å². The summed E-state index contributed by atoms with van der Waals surface area (Å²) in [6.45, 7) is 1.14. The lowest BCUT2D eigenvalue weighted by Gasteiger charge is -2.33. The van der Waals surface area contributed by atoms with Gasteiger partial charge in [-0.3, -0.25) is 9.59 Å². The average molecular weight is 691 g/mol. The minimum Gasteiger partial charge on any atom is -0.465 e. The Morgan fingerprint density at radius 2 is 1.38 bits per heavy atom. The molecule has 1 saturated heterocycles. The maximum Gasteiger partial charge on any atom is 0.404 e. The van der Waals surface area contributed by atoms with Crippen LogP contribution in [0.2, 0.25) is 20.1 Å². The van der Waals surface area contributed by atoms with E-state index in [2.05, 4.69) is 10.6 Å². The van der Waals surface area contributed by atoms with Crippen LogP contribution in [0.3, 0.4) is 0 Å². The van der Waals surface area contributed by atoms with Crippen LogP contribution in [-0.4, -0.2) is 73.2 Å². The Kier molecular flexibility index (Phi) is 12.9. The topological polar surface area (TPSA) is 108 Å².